The Morgan fingerprint density at radius 3 is 2.38 bits per heavy atom. The largest absolute Gasteiger partial charge is 0.434 e. The fraction of sp³-hybridized carbons (Fsp3) is 0.667. The SMILES string of the molecule is Cl.FC(F)(F)c1c[nH]c(C2CCNCC2)n1. The molecule has 3 nitrogen and oxygen atoms in total. The zero-order valence-electron chi connectivity index (χ0n) is 8.47. The maximum absolute atomic E-state index is 12.3. The normalized spacial score (nSPS) is 18.2. The summed E-state index contributed by atoms with van der Waals surface area (Å²) in [4.78, 5) is 6.22. The number of piperidine rings is 1. The third-order valence-corrected chi connectivity index (χ3v) is 2.61. The molecule has 0 aromatic carbocycles. The molecular formula is C9H13ClF3N3. The van der Waals surface area contributed by atoms with Crippen molar-refractivity contribution in [3.63, 3.8) is 0 Å². The van der Waals surface area contributed by atoms with Gasteiger partial charge in [0.2, 0.25) is 0 Å². The molecule has 2 rings (SSSR count). The average Bonchev–Trinajstić information content (AvgIpc) is 2.67. The predicted octanol–water partition coefficient (Wildman–Crippen LogP) is 2.32. The van der Waals surface area contributed by atoms with Gasteiger partial charge in [-0.2, -0.15) is 13.2 Å². The van der Waals surface area contributed by atoms with Crippen LogP contribution in [-0.2, 0) is 6.18 Å². The summed E-state index contributed by atoms with van der Waals surface area (Å²) in [6.07, 6.45) is -1.73. The molecule has 1 aliphatic heterocycles. The van der Waals surface area contributed by atoms with Gasteiger partial charge in [0.25, 0.3) is 0 Å². The minimum absolute atomic E-state index is 0. The third-order valence-electron chi connectivity index (χ3n) is 2.61. The van der Waals surface area contributed by atoms with Crippen LogP contribution in [0, 0.1) is 0 Å². The lowest BCUT2D eigenvalue weighted by Gasteiger charge is -2.20. The number of halogens is 4. The molecule has 0 spiro atoms. The number of imidazole rings is 1. The van der Waals surface area contributed by atoms with Crippen molar-refractivity contribution in [2.45, 2.75) is 24.9 Å². The van der Waals surface area contributed by atoms with Crippen LogP contribution in [0.1, 0.15) is 30.3 Å². The molecule has 1 aliphatic rings. The number of alkyl halides is 3. The number of H-pyrrole nitrogens is 1. The Bertz CT molecular complexity index is 331. The first-order valence-electron chi connectivity index (χ1n) is 4.90. The monoisotopic (exact) mass is 255 g/mol. The predicted molar refractivity (Wildman–Crippen MR) is 55.7 cm³/mol. The van der Waals surface area contributed by atoms with E-state index in [4.69, 9.17) is 0 Å². The molecule has 0 amide bonds. The van der Waals surface area contributed by atoms with Crippen LogP contribution in [0.2, 0.25) is 0 Å². The summed E-state index contributed by atoms with van der Waals surface area (Å²) in [5.74, 6) is 0.589. The number of nitrogens with one attached hydrogen (secondary N) is 2. The van der Waals surface area contributed by atoms with E-state index in [0.717, 1.165) is 32.1 Å². The molecule has 1 aromatic heterocycles. The van der Waals surface area contributed by atoms with E-state index in [1.165, 1.54) is 0 Å². The molecule has 92 valence electrons. The number of aromatic amines is 1. The van der Waals surface area contributed by atoms with E-state index < -0.39 is 11.9 Å². The number of rotatable bonds is 1. The molecule has 2 heterocycles. The Balaban J connectivity index is 0.00000128. The Morgan fingerprint density at radius 2 is 1.88 bits per heavy atom. The van der Waals surface area contributed by atoms with Crippen LogP contribution >= 0.6 is 12.4 Å². The second-order valence-electron chi connectivity index (χ2n) is 3.69. The standard InChI is InChI=1S/C9H12F3N3.ClH/c10-9(11,12)7-5-14-8(15-7)6-1-3-13-4-2-6;/h5-6,13H,1-4H2,(H,14,15);1H. The summed E-state index contributed by atoms with van der Waals surface area (Å²) in [6.45, 7) is 1.68. The summed E-state index contributed by atoms with van der Waals surface area (Å²) in [6, 6.07) is 0. The van der Waals surface area contributed by atoms with Crippen molar-refractivity contribution in [2.24, 2.45) is 0 Å². The van der Waals surface area contributed by atoms with E-state index >= 15 is 0 Å². The van der Waals surface area contributed by atoms with Crippen molar-refractivity contribution < 1.29 is 13.2 Å². The van der Waals surface area contributed by atoms with Crippen LogP contribution in [0.3, 0.4) is 0 Å². The highest BCUT2D eigenvalue weighted by Gasteiger charge is 2.34. The van der Waals surface area contributed by atoms with E-state index in [-0.39, 0.29) is 18.3 Å². The van der Waals surface area contributed by atoms with Crippen LogP contribution in [0.25, 0.3) is 0 Å². The van der Waals surface area contributed by atoms with Crippen molar-refractivity contribution >= 4 is 12.4 Å². The lowest BCUT2D eigenvalue weighted by atomic mass is 9.98. The highest BCUT2D eigenvalue weighted by molar-refractivity contribution is 5.85. The molecule has 0 bridgehead atoms. The van der Waals surface area contributed by atoms with Gasteiger partial charge in [-0.15, -0.1) is 12.4 Å². The second kappa shape index (κ2) is 5.05. The lowest BCUT2D eigenvalue weighted by Crippen LogP contribution is -2.27. The fourth-order valence-electron chi connectivity index (χ4n) is 1.79. The maximum Gasteiger partial charge on any atom is 0.434 e. The van der Waals surface area contributed by atoms with Gasteiger partial charge in [-0.3, -0.25) is 0 Å². The maximum atomic E-state index is 12.3. The van der Waals surface area contributed by atoms with Crippen LogP contribution in [0.4, 0.5) is 13.2 Å². The molecule has 1 fully saturated rings. The number of hydrogen-bond acceptors (Lipinski definition) is 2. The molecule has 0 atom stereocenters. The summed E-state index contributed by atoms with van der Waals surface area (Å²) in [5, 5.41) is 3.16. The summed E-state index contributed by atoms with van der Waals surface area (Å²) >= 11 is 0. The van der Waals surface area contributed by atoms with Gasteiger partial charge in [-0.1, -0.05) is 0 Å². The molecule has 7 heteroatoms. The molecule has 16 heavy (non-hydrogen) atoms. The van der Waals surface area contributed by atoms with Gasteiger partial charge in [0.15, 0.2) is 5.69 Å². The third kappa shape index (κ3) is 2.89. The Kier molecular flexibility index (Phi) is 4.21. The smallest absolute Gasteiger partial charge is 0.348 e. The topological polar surface area (TPSA) is 40.7 Å². The fourth-order valence-corrected chi connectivity index (χ4v) is 1.79. The summed E-state index contributed by atoms with van der Waals surface area (Å²) < 4.78 is 36.8. The van der Waals surface area contributed by atoms with Crippen LogP contribution in [-0.4, -0.2) is 23.1 Å². The van der Waals surface area contributed by atoms with Gasteiger partial charge >= 0.3 is 6.18 Å². The quantitative estimate of drug-likeness (QED) is 0.809. The average molecular weight is 256 g/mol. The molecular weight excluding hydrogens is 243 g/mol. The van der Waals surface area contributed by atoms with Crippen molar-refractivity contribution in [1.82, 2.24) is 15.3 Å². The zero-order chi connectivity index (χ0) is 10.9. The Labute approximate surface area is 97.2 Å². The van der Waals surface area contributed by atoms with E-state index in [1.807, 2.05) is 0 Å². The van der Waals surface area contributed by atoms with Crippen molar-refractivity contribution in [2.75, 3.05) is 13.1 Å². The van der Waals surface area contributed by atoms with Gasteiger partial charge in [-0.05, 0) is 25.9 Å². The van der Waals surface area contributed by atoms with Gasteiger partial charge in [-0.25, -0.2) is 4.98 Å². The van der Waals surface area contributed by atoms with E-state index in [1.54, 1.807) is 0 Å². The van der Waals surface area contributed by atoms with Gasteiger partial charge in [0, 0.05) is 12.1 Å². The van der Waals surface area contributed by atoms with Crippen molar-refractivity contribution in [3.05, 3.63) is 17.7 Å². The molecule has 0 unspecified atom stereocenters. The second-order valence-corrected chi connectivity index (χ2v) is 3.69. The summed E-state index contributed by atoms with van der Waals surface area (Å²) in [5.41, 5.74) is -0.823. The Hall–Kier alpha value is -0.750. The van der Waals surface area contributed by atoms with Gasteiger partial charge in [0.05, 0.1) is 0 Å². The number of aromatic nitrogens is 2. The molecule has 0 saturated carbocycles. The lowest BCUT2D eigenvalue weighted by molar-refractivity contribution is -0.141. The number of nitrogens with zero attached hydrogens (tertiary/aromatic N) is 1. The van der Waals surface area contributed by atoms with Crippen LogP contribution in [0.5, 0.6) is 0 Å². The van der Waals surface area contributed by atoms with Gasteiger partial charge < -0.3 is 10.3 Å². The highest BCUT2D eigenvalue weighted by Crippen LogP contribution is 2.30. The first-order chi connectivity index (χ1) is 7.07. The van der Waals surface area contributed by atoms with Crippen LogP contribution in [0.15, 0.2) is 6.20 Å². The van der Waals surface area contributed by atoms with Crippen LogP contribution < -0.4 is 5.32 Å². The van der Waals surface area contributed by atoms with E-state index in [9.17, 15) is 13.2 Å². The minimum atomic E-state index is -4.35. The molecule has 1 aromatic rings. The van der Waals surface area contributed by atoms with Crippen molar-refractivity contribution in [1.29, 1.82) is 0 Å². The Morgan fingerprint density at radius 1 is 1.25 bits per heavy atom. The first-order valence-corrected chi connectivity index (χ1v) is 4.90. The van der Waals surface area contributed by atoms with Gasteiger partial charge in [0.1, 0.15) is 5.82 Å². The molecule has 0 aliphatic carbocycles. The molecule has 1 saturated heterocycles. The van der Waals surface area contributed by atoms with Crippen molar-refractivity contribution in [3.8, 4) is 0 Å². The van der Waals surface area contributed by atoms with E-state index in [0.29, 0.717) is 5.82 Å². The number of hydrogen-bond donors (Lipinski definition) is 2. The zero-order valence-corrected chi connectivity index (χ0v) is 9.29. The molecule has 2 N–H and O–H groups in total. The summed E-state index contributed by atoms with van der Waals surface area (Å²) in [7, 11) is 0. The minimum Gasteiger partial charge on any atom is -0.348 e. The van der Waals surface area contributed by atoms with E-state index in [2.05, 4.69) is 15.3 Å². The first kappa shape index (κ1) is 13.3. The highest BCUT2D eigenvalue weighted by atomic mass is 35.5. The molecule has 0 radical (unpaired) electrons.